The summed E-state index contributed by atoms with van der Waals surface area (Å²) >= 11 is 0. The Morgan fingerprint density at radius 2 is 2.05 bits per heavy atom. The Hall–Kier alpha value is -2.06. The molecule has 0 saturated heterocycles. The van der Waals surface area contributed by atoms with E-state index in [-0.39, 0.29) is 23.1 Å². The lowest BCUT2D eigenvalue weighted by Gasteiger charge is -2.18. The van der Waals surface area contributed by atoms with Gasteiger partial charge in [0.15, 0.2) is 10.8 Å². The second-order valence-electron chi connectivity index (χ2n) is 4.44. The van der Waals surface area contributed by atoms with Crippen molar-refractivity contribution in [1.82, 2.24) is 13.9 Å². The van der Waals surface area contributed by atoms with Crippen LogP contribution in [0.4, 0.5) is 5.82 Å². The highest BCUT2D eigenvalue weighted by molar-refractivity contribution is 7.89. The number of phenolic OH excluding ortho intramolecular Hbond substituents is 1. The number of aromatic nitrogens is 2. The van der Waals surface area contributed by atoms with Crippen molar-refractivity contribution in [2.24, 2.45) is 7.05 Å². The Morgan fingerprint density at radius 1 is 1.40 bits per heavy atom. The molecule has 1 aromatic heterocycles. The average molecular weight is 296 g/mol. The number of sulfonamides is 1. The maximum Gasteiger partial charge on any atom is 0.262 e. The zero-order chi connectivity index (χ0) is 14.9. The number of benzene rings is 1. The van der Waals surface area contributed by atoms with Crippen LogP contribution >= 0.6 is 0 Å². The summed E-state index contributed by atoms with van der Waals surface area (Å²) in [6, 6.07) is 6.57. The fraction of sp³-hybridized carbons (Fsp3) is 0.250. The third-order valence-corrected chi connectivity index (χ3v) is 4.88. The fourth-order valence-electron chi connectivity index (χ4n) is 1.87. The van der Waals surface area contributed by atoms with E-state index in [9.17, 15) is 13.5 Å². The monoisotopic (exact) mass is 296 g/mol. The number of hydrogen-bond acceptors (Lipinski definition) is 5. The minimum Gasteiger partial charge on any atom is -0.508 e. The second-order valence-corrected chi connectivity index (χ2v) is 6.40. The highest BCUT2D eigenvalue weighted by Crippen LogP contribution is 2.23. The third kappa shape index (κ3) is 2.47. The van der Waals surface area contributed by atoms with Gasteiger partial charge in [0.05, 0.1) is 6.33 Å². The van der Waals surface area contributed by atoms with E-state index in [1.807, 2.05) is 0 Å². The molecule has 2 aromatic rings. The topological polar surface area (TPSA) is 101 Å². The Kier molecular flexibility index (Phi) is 3.69. The van der Waals surface area contributed by atoms with E-state index in [0.717, 1.165) is 4.31 Å². The van der Waals surface area contributed by atoms with Crippen LogP contribution in [-0.4, -0.2) is 34.4 Å². The van der Waals surface area contributed by atoms with Crippen molar-refractivity contribution < 1.29 is 13.5 Å². The number of rotatable bonds is 4. The van der Waals surface area contributed by atoms with E-state index in [2.05, 4.69) is 4.98 Å². The molecule has 108 valence electrons. The molecule has 0 fully saturated rings. The van der Waals surface area contributed by atoms with Gasteiger partial charge >= 0.3 is 0 Å². The van der Waals surface area contributed by atoms with Gasteiger partial charge in [0, 0.05) is 26.2 Å². The van der Waals surface area contributed by atoms with Crippen LogP contribution in [0.1, 0.15) is 5.56 Å². The van der Waals surface area contributed by atoms with Crippen molar-refractivity contribution in [2.75, 3.05) is 12.8 Å². The summed E-state index contributed by atoms with van der Waals surface area (Å²) in [5.74, 6) is 0.00385. The number of para-hydroxylation sites is 1. The van der Waals surface area contributed by atoms with Crippen LogP contribution < -0.4 is 5.73 Å². The van der Waals surface area contributed by atoms with Gasteiger partial charge < -0.3 is 15.4 Å². The summed E-state index contributed by atoms with van der Waals surface area (Å²) in [6.07, 6.45) is 1.34. The first-order chi connectivity index (χ1) is 9.34. The van der Waals surface area contributed by atoms with Crippen LogP contribution in [0, 0.1) is 0 Å². The number of imidazole rings is 1. The molecule has 0 spiro atoms. The lowest BCUT2D eigenvalue weighted by molar-refractivity contribution is 0.433. The van der Waals surface area contributed by atoms with Crippen LogP contribution in [0.2, 0.25) is 0 Å². The molecular weight excluding hydrogens is 280 g/mol. The number of nitrogen functional groups attached to an aromatic ring is 1. The average Bonchev–Trinajstić information content (AvgIpc) is 2.72. The number of nitrogens with two attached hydrogens (primary N) is 1. The van der Waals surface area contributed by atoms with Gasteiger partial charge in [-0.15, -0.1) is 0 Å². The molecule has 0 saturated carbocycles. The van der Waals surface area contributed by atoms with E-state index >= 15 is 0 Å². The molecule has 0 unspecified atom stereocenters. The molecule has 0 aliphatic rings. The van der Waals surface area contributed by atoms with Crippen LogP contribution in [0.5, 0.6) is 5.75 Å². The predicted octanol–water partition coefficient (Wildman–Crippen LogP) is 0.529. The Labute approximate surface area is 117 Å². The molecule has 0 bridgehead atoms. The minimum atomic E-state index is -3.77. The van der Waals surface area contributed by atoms with Crippen molar-refractivity contribution in [1.29, 1.82) is 0 Å². The highest BCUT2D eigenvalue weighted by atomic mass is 32.2. The van der Waals surface area contributed by atoms with Crippen molar-refractivity contribution in [3.05, 3.63) is 36.2 Å². The molecule has 2 rings (SSSR count). The number of aromatic hydroxyl groups is 1. The Balaban J connectivity index is 2.34. The molecule has 0 amide bonds. The Morgan fingerprint density at radius 3 is 2.60 bits per heavy atom. The van der Waals surface area contributed by atoms with Gasteiger partial charge in [-0.05, 0) is 6.07 Å². The van der Waals surface area contributed by atoms with E-state index in [1.54, 1.807) is 25.2 Å². The standard InChI is InChI=1S/C12H16N4O3S/c1-15-8-14-11(13)12(15)20(18,19)16(2)7-9-5-3-4-6-10(9)17/h3-6,8,17H,7,13H2,1-2H3. The lowest BCUT2D eigenvalue weighted by Crippen LogP contribution is -2.28. The highest BCUT2D eigenvalue weighted by Gasteiger charge is 2.27. The first-order valence-corrected chi connectivity index (χ1v) is 7.28. The number of anilines is 1. The van der Waals surface area contributed by atoms with Gasteiger partial charge in [-0.3, -0.25) is 0 Å². The van der Waals surface area contributed by atoms with Gasteiger partial charge in [-0.2, -0.15) is 4.31 Å². The van der Waals surface area contributed by atoms with Crippen LogP contribution in [0.15, 0.2) is 35.6 Å². The summed E-state index contributed by atoms with van der Waals surface area (Å²) in [5, 5.41) is 9.64. The molecule has 0 radical (unpaired) electrons. The van der Waals surface area contributed by atoms with Crippen molar-refractivity contribution in [2.45, 2.75) is 11.6 Å². The smallest absolute Gasteiger partial charge is 0.262 e. The van der Waals surface area contributed by atoms with Crippen LogP contribution in [-0.2, 0) is 23.6 Å². The van der Waals surface area contributed by atoms with Crippen molar-refractivity contribution >= 4 is 15.8 Å². The first-order valence-electron chi connectivity index (χ1n) is 5.84. The molecule has 3 N–H and O–H groups in total. The Bertz CT molecular complexity index is 705. The summed E-state index contributed by atoms with van der Waals surface area (Å²) in [5.41, 5.74) is 6.11. The number of aryl methyl sites for hydroxylation is 1. The summed E-state index contributed by atoms with van der Waals surface area (Å²) in [6.45, 7) is 0.0413. The lowest BCUT2D eigenvalue weighted by atomic mass is 10.2. The largest absolute Gasteiger partial charge is 0.508 e. The molecule has 0 aliphatic heterocycles. The zero-order valence-electron chi connectivity index (χ0n) is 11.2. The maximum atomic E-state index is 12.5. The number of hydrogen-bond donors (Lipinski definition) is 2. The van der Waals surface area contributed by atoms with E-state index in [0.29, 0.717) is 5.56 Å². The van der Waals surface area contributed by atoms with E-state index < -0.39 is 10.0 Å². The summed E-state index contributed by atoms with van der Waals surface area (Å²) < 4.78 is 27.4. The molecule has 0 atom stereocenters. The maximum absolute atomic E-state index is 12.5. The quantitative estimate of drug-likeness (QED) is 0.857. The summed E-state index contributed by atoms with van der Waals surface area (Å²) in [7, 11) is -0.790. The van der Waals surface area contributed by atoms with E-state index in [4.69, 9.17) is 5.73 Å². The fourth-order valence-corrected chi connectivity index (χ4v) is 3.20. The molecule has 8 heteroatoms. The summed E-state index contributed by atoms with van der Waals surface area (Å²) in [4.78, 5) is 3.77. The SMILES string of the molecule is CN(Cc1ccccc1O)S(=O)(=O)c1c(N)ncn1C. The molecule has 1 heterocycles. The second kappa shape index (κ2) is 5.14. The third-order valence-electron chi connectivity index (χ3n) is 2.95. The van der Waals surface area contributed by atoms with Crippen molar-refractivity contribution in [3.63, 3.8) is 0 Å². The van der Waals surface area contributed by atoms with Crippen LogP contribution in [0.3, 0.4) is 0 Å². The minimum absolute atomic E-state index is 0.0413. The molecule has 20 heavy (non-hydrogen) atoms. The first kappa shape index (κ1) is 14.4. The van der Waals surface area contributed by atoms with Gasteiger partial charge in [-0.25, -0.2) is 13.4 Å². The number of nitrogens with zero attached hydrogens (tertiary/aromatic N) is 3. The van der Waals surface area contributed by atoms with Gasteiger partial charge in [-0.1, -0.05) is 18.2 Å². The van der Waals surface area contributed by atoms with Crippen LogP contribution in [0.25, 0.3) is 0 Å². The van der Waals surface area contributed by atoms with Gasteiger partial charge in [0.1, 0.15) is 5.75 Å². The number of phenols is 1. The van der Waals surface area contributed by atoms with Gasteiger partial charge in [0.25, 0.3) is 10.0 Å². The van der Waals surface area contributed by atoms with Crippen molar-refractivity contribution in [3.8, 4) is 5.75 Å². The van der Waals surface area contributed by atoms with E-state index in [1.165, 1.54) is 24.0 Å². The molecule has 0 aliphatic carbocycles. The normalized spacial score (nSPS) is 11.9. The van der Waals surface area contributed by atoms with Gasteiger partial charge in [0.2, 0.25) is 0 Å². The molecule has 1 aromatic carbocycles. The molecule has 7 nitrogen and oxygen atoms in total. The predicted molar refractivity (Wildman–Crippen MR) is 74.4 cm³/mol. The molecular formula is C12H16N4O3S. The zero-order valence-corrected chi connectivity index (χ0v) is 12.0.